The number of carbonyl (C=O) groups is 2. The summed E-state index contributed by atoms with van der Waals surface area (Å²) in [5.74, 6) is -1.47. The van der Waals surface area contributed by atoms with Crippen LogP contribution in [0, 0.1) is 23.7 Å². The second-order valence-electron chi connectivity index (χ2n) is 4.79. The van der Waals surface area contributed by atoms with Gasteiger partial charge in [-0.2, -0.15) is 0 Å². The molecule has 0 aromatic rings. The van der Waals surface area contributed by atoms with E-state index >= 15 is 0 Å². The lowest BCUT2D eigenvalue weighted by Gasteiger charge is -2.34. The summed E-state index contributed by atoms with van der Waals surface area (Å²) in [6, 6.07) is 0. The first kappa shape index (κ1) is 14.7. The van der Waals surface area contributed by atoms with Gasteiger partial charge in [0, 0.05) is 0 Å². The molecule has 0 heterocycles. The highest BCUT2D eigenvalue weighted by molar-refractivity contribution is 5.83. The number of ether oxygens (including phenoxy) is 2. The van der Waals surface area contributed by atoms with Crippen molar-refractivity contribution in [3.05, 3.63) is 12.2 Å². The SMILES string of the molecule is CCC[C@H]1C=C[C@@H](C)[C@H](C(=O)OC)[C@H]1C(=O)OC. The predicted molar refractivity (Wildman–Crippen MR) is 67.7 cm³/mol. The molecule has 1 aliphatic carbocycles. The molecule has 102 valence electrons. The largest absolute Gasteiger partial charge is 0.469 e. The van der Waals surface area contributed by atoms with Crippen molar-refractivity contribution in [2.45, 2.75) is 26.7 Å². The number of hydrogen-bond acceptors (Lipinski definition) is 4. The number of hydrogen-bond donors (Lipinski definition) is 0. The molecule has 0 saturated heterocycles. The Morgan fingerprint density at radius 1 is 1.06 bits per heavy atom. The first-order valence-corrected chi connectivity index (χ1v) is 6.40. The molecule has 0 saturated carbocycles. The van der Waals surface area contributed by atoms with Gasteiger partial charge in [0.2, 0.25) is 0 Å². The second-order valence-corrected chi connectivity index (χ2v) is 4.79. The summed E-state index contributed by atoms with van der Waals surface area (Å²) in [4.78, 5) is 23.9. The van der Waals surface area contributed by atoms with E-state index in [0.717, 1.165) is 12.8 Å². The Morgan fingerprint density at radius 2 is 1.61 bits per heavy atom. The third-order valence-corrected chi connectivity index (χ3v) is 3.65. The summed E-state index contributed by atoms with van der Waals surface area (Å²) >= 11 is 0. The molecule has 0 spiro atoms. The molecule has 1 rings (SSSR count). The average Bonchev–Trinajstić information content (AvgIpc) is 2.38. The Labute approximate surface area is 108 Å². The van der Waals surface area contributed by atoms with E-state index in [9.17, 15) is 9.59 Å². The van der Waals surface area contributed by atoms with Crippen LogP contribution < -0.4 is 0 Å². The van der Waals surface area contributed by atoms with Gasteiger partial charge in [0.25, 0.3) is 0 Å². The van der Waals surface area contributed by atoms with Crippen molar-refractivity contribution in [1.82, 2.24) is 0 Å². The van der Waals surface area contributed by atoms with Crippen molar-refractivity contribution >= 4 is 11.9 Å². The van der Waals surface area contributed by atoms with E-state index in [0.29, 0.717) is 0 Å². The fourth-order valence-corrected chi connectivity index (χ4v) is 2.71. The van der Waals surface area contributed by atoms with Crippen LogP contribution in [0.5, 0.6) is 0 Å². The zero-order valence-corrected chi connectivity index (χ0v) is 11.5. The predicted octanol–water partition coefficient (Wildman–Crippen LogP) is 2.19. The van der Waals surface area contributed by atoms with E-state index in [1.54, 1.807) is 0 Å². The summed E-state index contributed by atoms with van der Waals surface area (Å²) < 4.78 is 9.69. The summed E-state index contributed by atoms with van der Waals surface area (Å²) in [5, 5.41) is 0. The van der Waals surface area contributed by atoms with Crippen molar-refractivity contribution in [2.75, 3.05) is 14.2 Å². The molecule has 0 aliphatic heterocycles. The van der Waals surface area contributed by atoms with Crippen molar-refractivity contribution in [3.63, 3.8) is 0 Å². The minimum atomic E-state index is -0.441. The number of allylic oxidation sites excluding steroid dienone is 2. The molecule has 4 heteroatoms. The highest BCUT2D eigenvalue weighted by Crippen LogP contribution is 2.38. The Hall–Kier alpha value is -1.32. The quantitative estimate of drug-likeness (QED) is 0.570. The molecule has 18 heavy (non-hydrogen) atoms. The molecule has 0 bridgehead atoms. The minimum absolute atomic E-state index is 0.00495. The smallest absolute Gasteiger partial charge is 0.310 e. The number of methoxy groups -OCH3 is 2. The number of esters is 2. The van der Waals surface area contributed by atoms with Crippen LogP contribution >= 0.6 is 0 Å². The molecule has 0 aromatic heterocycles. The third-order valence-electron chi connectivity index (χ3n) is 3.65. The second kappa shape index (κ2) is 6.57. The summed E-state index contributed by atoms with van der Waals surface area (Å²) in [6.45, 7) is 3.99. The van der Waals surface area contributed by atoms with Crippen LogP contribution in [-0.4, -0.2) is 26.2 Å². The Bertz CT molecular complexity index is 335. The van der Waals surface area contributed by atoms with Crippen LogP contribution in [0.1, 0.15) is 26.7 Å². The Kier molecular flexibility index (Phi) is 5.38. The van der Waals surface area contributed by atoms with Gasteiger partial charge >= 0.3 is 11.9 Å². The highest BCUT2D eigenvalue weighted by atomic mass is 16.5. The zero-order chi connectivity index (χ0) is 13.7. The van der Waals surface area contributed by atoms with Crippen molar-refractivity contribution in [1.29, 1.82) is 0 Å². The van der Waals surface area contributed by atoms with Crippen LogP contribution in [0.2, 0.25) is 0 Å². The fourth-order valence-electron chi connectivity index (χ4n) is 2.71. The van der Waals surface area contributed by atoms with Gasteiger partial charge in [0.15, 0.2) is 0 Å². The van der Waals surface area contributed by atoms with Crippen molar-refractivity contribution in [2.24, 2.45) is 23.7 Å². The van der Waals surface area contributed by atoms with Crippen LogP contribution in [0.4, 0.5) is 0 Å². The lowest BCUT2D eigenvalue weighted by Crippen LogP contribution is -2.41. The normalized spacial score (nSPS) is 30.9. The van der Waals surface area contributed by atoms with Gasteiger partial charge in [-0.05, 0) is 18.3 Å². The maximum absolute atomic E-state index is 12.0. The summed E-state index contributed by atoms with van der Waals surface area (Å²) in [5.41, 5.74) is 0. The molecule has 1 aliphatic rings. The first-order chi connectivity index (χ1) is 8.56. The molecule has 4 atom stereocenters. The van der Waals surface area contributed by atoms with E-state index in [4.69, 9.17) is 9.47 Å². The van der Waals surface area contributed by atoms with E-state index < -0.39 is 11.8 Å². The topological polar surface area (TPSA) is 52.6 Å². The zero-order valence-electron chi connectivity index (χ0n) is 11.5. The standard InChI is InChI=1S/C14H22O4/c1-5-6-10-8-7-9(2)11(13(15)17-3)12(10)14(16)18-4/h7-12H,5-6H2,1-4H3/t9-,10+,11+,12+/m1/s1. The van der Waals surface area contributed by atoms with Gasteiger partial charge in [0.05, 0.1) is 26.1 Å². The summed E-state index contributed by atoms with van der Waals surface area (Å²) in [7, 11) is 2.72. The third kappa shape index (κ3) is 2.92. The van der Waals surface area contributed by atoms with Crippen LogP contribution in [0.25, 0.3) is 0 Å². The van der Waals surface area contributed by atoms with E-state index in [1.807, 2.05) is 19.1 Å². The van der Waals surface area contributed by atoms with E-state index in [2.05, 4.69) is 6.92 Å². The number of carbonyl (C=O) groups excluding carboxylic acids is 2. The Morgan fingerprint density at radius 3 is 2.11 bits per heavy atom. The Balaban J connectivity index is 3.06. The molecule has 4 nitrogen and oxygen atoms in total. The van der Waals surface area contributed by atoms with Gasteiger partial charge < -0.3 is 9.47 Å². The molecular weight excluding hydrogens is 232 g/mol. The molecule has 0 amide bonds. The lowest BCUT2D eigenvalue weighted by molar-refractivity contribution is -0.161. The number of rotatable bonds is 4. The van der Waals surface area contributed by atoms with Crippen LogP contribution in [-0.2, 0) is 19.1 Å². The minimum Gasteiger partial charge on any atom is -0.469 e. The van der Waals surface area contributed by atoms with Crippen LogP contribution in [0.3, 0.4) is 0 Å². The van der Waals surface area contributed by atoms with Crippen LogP contribution in [0.15, 0.2) is 12.2 Å². The van der Waals surface area contributed by atoms with Crippen molar-refractivity contribution in [3.8, 4) is 0 Å². The van der Waals surface area contributed by atoms with Gasteiger partial charge in [-0.15, -0.1) is 0 Å². The molecule has 0 aromatic carbocycles. The molecule has 0 N–H and O–H groups in total. The lowest BCUT2D eigenvalue weighted by atomic mass is 9.69. The van der Waals surface area contributed by atoms with Gasteiger partial charge in [-0.1, -0.05) is 32.4 Å². The highest BCUT2D eigenvalue weighted by Gasteiger charge is 2.44. The maximum Gasteiger partial charge on any atom is 0.310 e. The van der Waals surface area contributed by atoms with E-state index in [-0.39, 0.29) is 23.8 Å². The molecule has 0 unspecified atom stereocenters. The van der Waals surface area contributed by atoms with E-state index in [1.165, 1.54) is 14.2 Å². The maximum atomic E-state index is 12.0. The fraction of sp³-hybridized carbons (Fsp3) is 0.714. The van der Waals surface area contributed by atoms with Gasteiger partial charge in [-0.25, -0.2) is 0 Å². The van der Waals surface area contributed by atoms with Gasteiger partial charge in [0.1, 0.15) is 0 Å². The average molecular weight is 254 g/mol. The van der Waals surface area contributed by atoms with Gasteiger partial charge in [-0.3, -0.25) is 9.59 Å². The van der Waals surface area contributed by atoms with Crippen molar-refractivity contribution < 1.29 is 19.1 Å². The summed E-state index contributed by atoms with van der Waals surface area (Å²) in [6.07, 6.45) is 5.87. The molecule has 0 fully saturated rings. The molecular formula is C14H22O4. The monoisotopic (exact) mass is 254 g/mol. The molecule has 0 radical (unpaired) electrons. The first-order valence-electron chi connectivity index (χ1n) is 6.40.